The number of aliphatic hydroxyl groups excluding tert-OH is 1. The van der Waals surface area contributed by atoms with E-state index in [1.54, 1.807) is 12.4 Å². The van der Waals surface area contributed by atoms with E-state index in [9.17, 15) is 4.79 Å². The van der Waals surface area contributed by atoms with Crippen LogP contribution in [0.15, 0.2) is 53.6 Å². The largest absolute Gasteiger partial charge is 0.384 e. The Kier molecular flexibility index (Phi) is 3.95. The lowest BCUT2D eigenvalue weighted by Crippen LogP contribution is -2.04. The zero-order valence-corrected chi connectivity index (χ0v) is 9.84. The summed E-state index contributed by atoms with van der Waals surface area (Å²) in [5.74, 6) is 5.49. The summed E-state index contributed by atoms with van der Waals surface area (Å²) >= 11 is 0. The number of nitrogens with zero attached hydrogens (tertiary/aromatic N) is 1. The second kappa shape index (κ2) is 5.85. The molecule has 0 aliphatic heterocycles. The van der Waals surface area contributed by atoms with E-state index in [4.69, 9.17) is 5.11 Å². The third-order valence-electron chi connectivity index (χ3n) is 2.46. The predicted molar refractivity (Wildman–Crippen MR) is 70.2 cm³/mol. The minimum Gasteiger partial charge on any atom is -0.384 e. The molecule has 0 aliphatic carbocycles. The first-order valence-corrected chi connectivity index (χ1v) is 5.63. The van der Waals surface area contributed by atoms with E-state index in [0.717, 1.165) is 11.1 Å². The molecule has 0 aliphatic rings. The van der Waals surface area contributed by atoms with Gasteiger partial charge in [0.15, 0.2) is 5.43 Å². The van der Waals surface area contributed by atoms with Crippen LogP contribution in [0.3, 0.4) is 0 Å². The zero-order chi connectivity index (χ0) is 12.8. The fourth-order valence-corrected chi connectivity index (χ4v) is 1.65. The van der Waals surface area contributed by atoms with Gasteiger partial charge in [0, 0.05) is 36.6 Å². The fourth-order valence-electron chi connectivity index (χ4n) is 1.65. The quantitative estimate of drug-likeness (QED) is 0.801. The molecule has 2 aromatic rings. The van der Waals surface area contributed by atoms with Gasteiger partial charge in [0.1, 0.15) is 6.61 Å². The van der Waals surface area contributed by atoms with Crippen molar-refractivity contribution in [3.63, 3.8) is 0 Å². The maximum Gasteiger partial charge on any atom is 0.181 e. The molecule has 2 rings (SSSR count). The Balaban J connectivity index is 2.19. The van der Waals surface area contributed by atoms with E-state index in [1.807, 2.05) is 28.8 Å². The second-order valence-corrected chi connectivity index (χ2v) is 3.87. The first kappa shape index (κ1) is 12.2. The molecular formula is C15H13NO2. The van der Waals surface area contributed by atoms with Crippen LogP contribution in [0.25, 0.3) is 0 Å². The first-order chi connectivity index (χ1) is 8.78. The summed E-state index contributed by atoms with van der Waals surface area (Å²) in [6.07, 6.45) is 3.52. The molecule has 0 amide bonds. The summed E-state index contributed by atoms with van der Waals surface area (Å²) in [5.41, 5.74) is 1.99. The van der Waals surface area contributed by atoms with Gasteiger partial charge in [-0.1, -0.05) is 24.0 Å². The van der Waals surface area contributed by atoms with Crippen molar-refractivity contribution in [2.45, 2.75) is 6.54 Å². The fraction of sp³-hybridized carbons (Fsp3) is 0.133. The summed E-state index contributed by atoms with van der Waals surface area (Å²) in [4.78, 5) is 11.0. The van der Waals surface area contributed by atoms with Crippen molar-refractivity contribution in [1.82, 2.24) is 4.57 Å². The molecule has 0 spiro atoms. The normalized spacial score (nSPS) is 9.61. The zero-order valence-electron chi connectivity index (χ0n) is 9.84. The second-order valence-electron chi connectivity index (χ2n) is 3.87. The standard InChI is InChI=1S/C15H13NO2/c17-10-2-5-13-3-1-4-14(11-13)12-16-8-6-15(18)7-9-16/h1,3-4,6-9,11,17H,10,12H2. The van der Waals surface area contributed by atoms with Crippen molar-refractivity contribution in [3.05, 3.63) is 70.1 Å². The number of aromatic nitrogens is 1. The van der Waals surface area contributed by atoms with Crippen molar-refractivity contribution < 1.29 is 5.11 Å². The highest BCUT2D eigenvalue weighted by Gasteiger charge is 1.95. The van der Waals surface area contributed by atoms with Crippen LogP contribution in [0.1, 0.15) is 11.1 Å². The van der Waals surface area contributed by atoms with Crippen LogP contribution in [0.4, 0.5) is 0 Å². The van der Waals surface area contributed by atoms with E-state index in [-0.39, 0.29) is 12.0 Å². The summed E-state index contributed by atoms with van der Waals surface area (Å²) in [5, 5.41) is 8.65. The molecule has 0 saturated carbocycles. The molecule has 0 atom stereocenters. The van der Waals surface area contributed by atoms with Crippen LogP contribution in [-0.2, 0) is 6.54 Å². The monoisotopic (exact) mass is 239 g/mol. The van der Waals surface area contributed by atoms with Crippen LogP contribution in [0.2, 0.25) is 0 Å². The maximum absolute atomic E-state index is 11.0. The van der Waals surface area contributed by atoms with Crippen LogP contribution >= 0.6 is 0 Å². The topological polar surface area (TPSA) is 42.2 Å². The van der Waals surface area contributed by atoms with Gasteiger partial charge in [-0.15, -0.1) is 0 Å². The van der Waals surface area contributed by atoms with Gasteiger partial charge in [-0.05, 0) is 17.7 Å². The van der Waals surface area contributed by atoms with Crippen molar-refractivity contribution in [1.29, 1.82) is 0 Å². The average molecular weight is 239 g/mol. The highest BCUT2D eigenvalue weighted by Crippen LogP contribution is 2.06. The van der Waals surface area contributed by atoms with Gasteiger partial charge < -0.3 is 9.67 Å². The van der Waals surface area contributed by atoms with Gasteiger partial charge in [0.05, 0.1) is 0 Å². The molecule has 1 N–H and O–H groups in total. The lowest BCUT2D eigenvalue weighted by atomic mass is 10.1. The summed E-state index contributed by atoms with van der Waals surface area (Å²) in [6, 6.07) is 10.9. The Bertz CT molecular complexity index is 627. The molecule has 0 unspecified atom stereocenters. The van der Waals surface area contributed by atoms with Crippen LogP contribution in [0, 0.1) is 11.8 Å². The van der Waals surface area contributed by atoms with E-state index in [2.05, 4.69) is 11.8 Å². The van der Waals surface area contributed by atoms with E-state index in [0.29, 0.717) is 6.54 Å². The number of rotatable bonds is 2. The van der Waals surface area contributed by atoms with Gasteiger partial charge in [0.2, 0.25) is 0 Å². The Morgan fingerprint density at radius 3 is 2.67 bits per heavy atom. The summed E-state index contributed by atoms with van der Waals surface area (Å²) in [7, 11) is 0. The molecule has 1 aromatic heterocycles. The van der Waals surface area contributed by atoms with E-state index >= 15 is 0 Å². The lowest BCUT2D eigenvalue weighted by Gasteiger charge is -2.06. The molecule has 0 radical (unpaired) electrons. The Labute approximate surface area is 105 Å². The van der Waals surface area contributed by atoms with Gasteiger partial charge in [-0.25, -0.2) is 0 Å². The van der Waals surface area contributed by atoms with E-state index < -0.39 is 0 Å². The molecule has 1 heterocycles. The van der Waals surface area contributed by atoms with Gasteiger partial charge in [-0.2, -0.15) is 0 Å². The molecule has 3 heteroatoms. The summed E-state index contributed by atoms with van der Waals surface area (Å²) < 4.78 is 1.93. The molecule has 3 nitrogen and oxygen atoms in total. The number of hydrogen-bond acceptors (Lipinski definition) is 2. The number of hydrogen-bond donors (Lipinski definition) is 1. The Hall–Kier alpha value is -2.31. The van der Waals surface area contributed by atoms with Crippen LogP contribution in [-0.4, -0.2) is 16.3 Å². The molecule has 0 fully saturated rings. The van der Waals surface area contributed by atoms with Crippen molar-refractivity contribution in [3.8, 4) is 11.8 Å². The van der Waals surface area contributed by atoms with Crippen molar-refractivity contribution in [2.75, 3.05) is 6.61 Å². The predicted octanol–water partition coefficient (Wildman–Crippen LogP) is 1.24. The van der Waals surface area contributed by atoms with Crippen LogP contribution in [0.5, 0.6) is 0 Å². The minimum absolute atomic E-state index is 0.00816. The van der Waals surface area contributed by atoms with Gasteiger partial charge in [-0.3, -0.25) is 4.79 Å². The van der Waals surface area contributed by atoms with E-state index in [1.165, 1.54) is 12.1 Å². The molecule has 0 bridgehead atoms. The Morgan fingerprint density at radius 2 is 1.94 bits per heavy atom. The van der Waals surface area contributed by atoms with Crippen molar-refractivity contribution >= 4 is 0 Å². The lowest BCUT2D eigenvalue weighted by molar-refractivity contribution is 0.350. The molecule has 1 aromatic carbocycles. The highest BCUT2D eigenvalue weighted by molar-refractivity contribution is 5.37. The minimum atomic E-state index is -0.135. The molecule has 18 heavy (non-hydrogen) atoms. The van der Waals surface area contributed by atoms with Gasteiger partial charge in [0.25, 0.3) is 0 Å². The molecule has 90 valence electrons. The molecule has 0 saturated heterocycles. The number of benzene rings is 1. The first-order valence-electron chi connectivity index (χ1n) is 5.63. The third kappa shape index (κ3) is 3.34. The smallest absolute Gasteiger partial charge is 0.181 e. The average Bonchev–Trinajstić information content (AvgIpc) is 2.40. The molecular weight excluding hydrogens is 226 g/mol. The summed E-state index contributed by atoms with van der Waals surface area (Å²) in [6.45, 7) is 0.554. The van der Waals surface area contributed by atoms with Gasteiger partial charge >= 0.3 is 0 Å². The van der Waals surface area contributed by atoms with Crippen molar-refractivity contribution in [2.24, 2.45) is 0 Å². The third-order valence-corrected chi connectivity index (χ3v) is 2.46. The Morgan fingerprint density at radius 1 is 1.17 bits per heavy atom. The SMILES string of the molecule is O=c1ccn(Cc2cccc(C#CCO)c2)cc1. The maximum atomic E-state index is 11.0. The van der Waals surface area contributed by atoms with Crippen LogP contribution < -0.4 is 5.43 Å². The number of aliphatic hydroxyl groups is 1. The highest BCUT2D eigenvalue weighted by atomic mass is 16.2. The number of pyridine rings is 1.